The number of benzene rings is 1. The summed E-state index contributed by atoms with van der Waals surface area (Å²) in [4.78, 5) is 17.9. The van der Waals surface area contributed by atoms with E-state index in [0.29, 0.717) is 16.4 Å². The molecule has 1 aromatic rings. The molecule has 3 rings (SSSR count). The van der Waals surface area contributed by atoms with E-state index in [9.17, 15) is 17.6 Å². The van der Waals surface area contributed by atoms with Crippen LogP contribution in [0.25, 0.3) is 0 Å². The zero-order valence-electron chi connectivity index (χ0n) is 13.7. The number of amidine groups is 1. The fourth-order valence-electron chi connectivity index (χ4n) is 2.82. The average Bonchev–Trinajstić information content (AvgIpc) is 2.93. The largest absolute Gasteiger partial charge is 0.315 e. The Kier molecular flexibility index (Phi) is 4.46. The number of hydrogen-bond donors (Lipinski definition) is 0. The van der Waals surface area contributed by atoms with Gasteiger partial charge in [-0.25, -0.2) is 12.8 Å². The lowest BCUT2D eigenvalue weighted by atomic mass is 10.1. The first-order chi connectivity index (χ1) is 11.2. The van der Waals surface area contributed by atoms with E-state index < -0.39 is 9.84 Å². The minimum absolute atomic E-state index is 0.00491. The maximum Gasteiger partial charge on any atom is 0.250 e. The Bertz CT molecular complexity index is 821. The highest BCUT2D eigenvalue weighted by Crippen LogP contribution is 2.41. The van der Waals surface area contributed by atoms with Crippen LogP contribution in [0, 0.1) is 18.7 Å². The van der Waals surface area contributed by atoms with Crippen molar-refractivity contribution in [2.45, 2.75) is 32.1 Å². The van der Waals surface area contributed by atoms with Gasteiger partial charge in [0.15, 0.2) is 15.0 Å². The topological polar surface area (TPSA) is 66.8 Å². The summed E-state index contributed by atoms with van der Waals surface area (Å²) in [7, 11) is -3.13. The zero-order chi connectivity index (χ0) is 17.6. The normalized spacial score (nSPS) is 27.0. The van der Waals surface area contributed by atoms with E-state index in [-0.39, 0.29) is 40.4 Å². The van der Waals surface area contributed by atoms with Crippen LogP contribution in [0.4, 0.5) is 10.1 Å². The van der Waals surface area contributed by atoms with E-state index in [2.05, 4.69) is 4.99 Å². The number of thioether (sulfide) groups is 1. The van der Waals surface area contributed by atoms with Crippen molar-refractivity contribution in [3.63, 3.8) is 0 Å². The number of halogens is 1. The summed E-state index contributed by atoms with van der Waals surface area (Å²) in [5.74, 6) is -0.829. The number of aliphatic imine (C=N–C) groups is 1. The molecule has 0 spiro atoms. The van der Waals surface area contributed by atoms with E-state index in [0.717, 1.165) is 0 Å². The van der Waals surface area contributed by atoms with Crippen molar-refractivity contribution < 1.29 is 17.6 Å². The Hall–Kier alpha value is -1.41. The second-order valence-corrected chi connectivity index (χ2v) is 9.85. The summed E-state index contributed by atoms with van der Waals surface area (Å²) < 4.78 is 37.9. The van der Waals surface area contributed by atoms with Crippen molar-refractivity contribution in [1.82, 2.24) is 0 Å². The van der Waals surface area contributed by atoms with Crippen molar-refractivity contribution >= 4 is 38.4 Å². The van der Waals surface area contributed by atoms with Crippen LogP contribution >= 0.6 is 11.8 Å². The molecule has 0 aromatic heterocycles. The molecular weight excluding hydrogens is 351 g/mol. The first kappa shape index (κ1) is 17.4. The van der Waals surface area contributed by atoms with Crippen LogP contribution in [-0.4, -0.2) is 42.3 Å². The lowest BCUT2D eigenvalue weighted by molar-refractivity contribution is -0.120. The number of rotatable bonds is 2. The van der Waals surface area contributed by atoms with Crippen molar-refractivity contribution in [3.05, 3.63) is 29.6 Å². The van der Waals surface area contributed by atoms with Crippen LogP contribution < -0.4 is 4.90 Å². The van der Waals surface area contributed by atoms with Crippen LogP contribution in [0.2, 0.25) is 0 Å². The standard InChI is InChI=1S/C16H19FN2O3S2/c1-9(2)15(20)18-16-19(11-5-4-10(3)12(17)6-11)13-7-24(21,22)8-14(13)23-16/h4-6,9,13-14H,7-8H2,1-3H3/t13-,14-/m1/s1. The molecule has 24 heavy (non-hydrogen) atoms. The molecule has 2 aliphatic rings. The number of fused-ring (bicyclic) bond motifs is 1. The second-order valence-electron chi connectivity index (χ2n) is 6.49. The molecule has 2 saturated heterocycles. The smallest absolute Gasteiger partial charge is 0.250 e. The number of aryl methyl sites for hydroxylation is 1. The Balaban J connectivity index is 2.04. The number of carbonyl (C=O) groups excluding carboxylic acids is 1. The van der Waals surface area contributed by atoms with Crippen LogP contribution in [0.1, 0.15) is 19.4 Å². The number of amides is 1. The van der Waals surface area contributed by atoms with Crippen molar-refractivity contribution in [2.75, 3.05) is 16.4 Å². The molecule has 0 bridgehead atoms. The number of anilines is 1. The molecule has 0 saturated carbocycles. The molecule has 0 unspecified atom stereocenters. The van der Waals surface area contributed by atoms with E-state index in [4.69, 9.17) is 0 Å². The third kappa shape index (κ3) is 3.21. The van der Waals surface area contributed by atoms with Gasteiger partial charge in [0, 0.05) is 16.9 Å². The van der Waals surface area contributed by atoms with Gasteiger partial charge in [0.2, 0.25) is 0 Å². The van der Waals surface area contributed by atoms with Gasteiger partial charge in [-0.2, -0.15) is 4.99 Å². The molecular formula is C16H19FN2O3S2. The summed E-state index contributed by atoms with van der Waals surface area (Å²) in [5, 5.41) is 0.278. The summed E-state index contributed by atoms with van der Waals surface area (Å²) >= 11 is 1.30. The predicted molar refractivity (Wildman–Crippen MR) is 94.7 cm³/mol. The summed E-state index contributed by atoms with van der Waals surface area (Å²) in [6.07, 6.45) is 0. The molecule has 2 atom stereocenters. The molecule has 130 valence electrons. The molecule has 2 aliphatic heterocycles. The minimum atomic E-state index is -3.13. The molecule has 2 fully saturated rings. The molecule has 1 aromatic carbocycles. The van der Waals surface area contributed by atoms with Gasteiger partial charge in [0.1, 0.15) is 5.82 Å². The van der Waals surface area contributed by atoms with Crippen molar-refractivity contribution in [3.8, 4) is 0 Å². The molecule has 0 N–H and O–H groups in total. The highest BCUT2D eigenvalue weighted by Gasteiger charge is 2.49. The average molecular weight is 370 g/mol. The zero-order valence-corrected chi connectivity index (χ0v) is 15.3. The fourth-order valence-corrected chi connectivity index (χ4v) is 6.74. The van der Waals surface area contributed by atoms with Gasteiger partial charge in [-0.1, -0.05) is 31.7 Å². The first-order valence-electron chi connectivity index (χ1n) is 7.73. The molecule has 8 heteroatoms. The third-order valence-corrected chi connectivity index (χ3v) is 7.41. The molecule has 0 aliphatic carbocycles. The Morgan fingerprint density at radius 2 is 2.08 bits per heavy atom. The molecule has 5 nitrogen and oxygen atoms in total. The lowest BCUT2D eigenvalue weighted by Crippen LogP contribution is -2.38. The molecule has 2 heterocycles. The lowest BCUT2D eigenvalue weighted by Gasteiger charge is -2.24. The SMILES string of the molecule is Cc1ccc(N2C(=NC(=O)C(C)C)S[C@@H]3CS(=O)(=O)C[C@H]32)cc1F. The van der Waals surface area contributed by atoms with E-state index >= 15 is 0 Å². The summed E-state index contributed by atoms with van der Waals surface area (Å²) in [6.45, 7) is 5.18. The second kappa shape index (κ2) is 6.15. The maximum absolute atomic E-state index is 14.0. The fraction of sp³-hybridized carbons (Fsp3) is 0.500. The summed E-state index contributed by atoms with van der Waals surface area (Å²) in [6, 6.07) is 4.44. The van der Waals surface area contributed by atoms with Gasteiger partial charge in [0.05, 0.1) is 17.5 Å². The number of sulfone groups is 1. The van der Waals surface area contributed by atoms with Gasteiger partial charge >= 0.3 is 0 Å². The van der Waals surface area contributed by atoms with E-state index in [1.807, 2.05) is 0 Å². The summed E-state index contributed by atoms with van der Waals surface area (Å²) in [5.41, 5.74) is 1.04. The highest BCUT2D eigenvalue weighted by molar-refractivity contribution is 8.16. The maximum atomic E-state index is 14.0. The Morgan fingerprint density at radius 1 is 1.38 bits per heavy atom. The number of nitrogens with zero attached hydrogens (tertiary/aromatic N) is 2. The predicted octanol–water partition coefficient (Wildman–Crippen LogP) is 2.39. The van der Waals surface area contributed by atoms with E-state index in [1.54, 1.807) is 37.8 Å². The van der Waals surface area contributed by atoms with Gasteiger partial charge in [0.25, 0.3) is 5.91 Å². The van der Waals surface area contributed by atoms with Crippen LogP contribution in [0.5, 0.6) is 0 Å². The quantitative estimate of drug-likeness (QED) is 0.800. The van der Waals surface area contributed by atoms with Crippen LogP contribution in [0.15, 0.2) is 23.2 Å². The van der Waals surface area contributed by atoms with E-state index in [1.165, 1.54) is 17.8 Å². The molecule has 0 radical (unpaired) electrons. The number of carbonyl (C=O) groups is 1. The van der Waals surface area contributed by atoms with Crippen molar-refractivity contribution in [2.24, 2.45) is 10.9 Å². The van der Waals surface area contributed by atoms with Crippen LogP contribution in [0.3, 0.4) is 0 Å². The minimum Gasteiger partial charge on any atom is -0.315 e. The van der Waals surface area contributed by atoms with Crippen molar-refractivity contribution in [1.29, 1.82) is 0 Å². The Labute approximate surface area is 145 Å². The first-order valence-corrected chi connectivity index (χ1v) is 10.4. The van der Waals surface area contributed by atoms with Crippen LogP contribution in [-0.2, 0) is 14.6 Å². The number of hydrogen-bond acceptors (Lipinski definition) is 4. The molecule has 1 amide bonds. The Morgan fingerprint density at radius 3 is 2.71 bits per heavy atom. The van der Waals surface area contributed by atoms with Gasteiger partial charge < -0.3 is 4.90 Å². The third-order valence-electron chi connectivity index (χ3n) is 4.20. The van der Waals surface area contributed by atoms with Gasteiger partial charge in [-0.15, -0.1) is 0 Å². The van der Waals surface area contributed by atoms with Gasteiger partial charge in [-0.3, -0.25) is 4.79 Å². The van der Waals surface area contributed by atoms with Gasteiger partial charge in [-0.05, 0) is 24.6 Å². The highest BCUT2D eigenvalue weighted by atomic mass is 32.2. The monoisotopic (exact) mass is 370 g/mol.